The van der Waals surface area contributed by atoms with Gasteiger partial charge in [-0.2, -0.15) is 0 Å². The number of anilines is 2. The van der Waals surface area contributed by atoms with Gasteiger partial charge in [-0.25, -0.2) is 27.5 Å². The quantitative estimate of drug-likeness (QED) is 0.418. The predicted molar refractivity (Wildman–Crippen MR) is 119 cm³/mol. The van der Waals surface area contributed by atoms with Gasteiger partial charge in [0.15, 0.2) is 11.6 Å². The molecule has 0 aliphatic carbocycles. The van der Waals surface area contributed by atoms with E-state index in [4.69, 9.17) is 0 Å². The number of hydrogen-bond acceptors (Lipinski definition) is 4. The summed E-state index contributed by atoms with van der Waals surface area (Å²) in [7, 11) is 0. The maximum atomic E-state index is 13.6. The highest BCUT2D eigenvalue weighted by Crippen LogP contribution is 2.31. The minimum Gasteiger partial charge on any atom is -0.359 e. The van der Waals surface area contributed by atoms with E-state index < -0.39 is 23.5 Å². The number of carbonyl (C=O) groups excluding carboxylic acids is 1. The monoisotopic (exact) mass is 472 g/mol. The van der Waals surface area contributed by atoms with E-state index in [0.717, 1.165) is 17.7 Å². The van der Waals surface area contributed by atoms with Crippen LogP contribution in [-0.4, -0.2) is 44.4 Å². The number of piperidine rings is 1. The number of benzene rings is 1. The Bertz CT molecular complexity index is 1390. The lowest BCUT2D eigenvalue weighted by atomic mass is 10.1. The normalized spacial score (nSPS) is 15.6. The SMILES string of the molecule is Cc1cc(-n2cnc(C(=O)Nc3c[nH]c4cc(F)c(F)cc34)c2)cnc1N1CCC(F)(F)CC1. The fourth-order valence-electron chi connectivity index (χ4n) is 4.06. The smallest absolute Gasteiger partial charge is 0.275 e. The van der Waals surface area contributed by atoms with E-state index in [0.29, 0.717) is 28.1 Å². The van der Waals surface area contributed by atoms with Crippen LogP contribution in [0.5, 0.6) is 0 Å². The second-order valence-corrected chi connectivity index (χ2v) is 8.31. The van der Waals surface area contributed by atoms with Crippen molar-refractivity contribution < 1.29 is 22.4 Å². The largest absolute Gasteiger partial charge is 0.359 e. The number of alkyl halides is 2. The molecule has 0 bridgehead atoms. The molecule has 1 aliphatic rings. The first-order valence-corrected chi connectivity index (χ1v) is 10.6. The molecule has 0 atom stereocenters. The molecule has 1 fully saturated rings. The number of fused-ring (bicyclic) bond motifs is 1. The van der Waals surface area contributed by atoms with Crippen LogP contribution in [0.25, 0.3) is 16.6 Å². The molecular formula is C23H20F4N6O. The molecule has 1 saturated heterocycles. The van der Waals surface area contributed by atoms with Crippen LogP contribution in [0.15, 0.2) is 43.1 Å². The van der Waals surface area contributed by atoms with Crippen LogP contribution >= 0.6 is 0 Å². The number of carbonyl (C=O) groups is 1. The Morgan fingerprint density at radius 3 is 2.59 bits per heavy atom. The summed E-state index contributed by atoms with van der Waals surface area (Å²) >= 11 is 0. The lowest BCUT2D eigenvalue weighted by Gasteiger charge is -2.33. The second kappa shape index (κ2) is 8.15. The second-order valence-electron chi connectivity index (χ2n) is 8.31. The zero-order valence-corrected chi connectivity index (χ0v) is 18.1. The molecule has 1 aromatic carbocycles. The molecule has 0 radical (unpaired) electrons. The topological polar surface area (TPSA) is 78.8 Å². The van der Waals surface area contributed by atoms with E-state index in [1.807, 2.05) is 17.9 Å². The third-order valence-corrected chi connectivity index (χ3v) is 5.91. The zero-order valence-electron chi connectivity index (χ0n) is 18.1. The van der Waals surface area contributed by atoms with Gasteiger partial charge in [-0.05, 0) is 24.6 Å². The van der Waals surface area contributed by atoms with E-state index in [1.54, 1.807) is 10.8 Å². The molecule has 0 unspecified atom stereocenters. The Morgan fingerprint density at radius 2 is 1.85 bits per heavy atom. The van der Waals surface area contributed by atoms with Crippen LogP contribution in [0.1, 0.15) is 28.9 Å². The molecule has 0 spiro atoms. The van der Waals surface area contributed by atoms with E-state index in [-0.39, 0.29) is 31.6 Å². The number of aryl methyl sites for hydroxylation is 1. The fraction of sp³-hybridized carbons (Fsp3) is 0.261. The summed E-state index contributed by atoms with van der Waals surface area (Å²) in [5.74, 6) is -4.51. The van der Waals surface area contributed by atoms with Gasteiger partial charge >= 0.3 is 0 Å². The molecule has 2 N–H and O–H groups in total. The number of aromatic nitrogens is 4. The average molecular weight is 472 g/mol. The highest BCUT2D eigenvalue weighted by molar-refractivity contribution is 6.08. The van der Waals surface area contributed by atoms with Crippen molar-refractivity contribution in [3.63, 3.8) is 0 Å². The van der Waals surface area contributed by atoms with Crippen molar-refractivity contribution in [2.75, 3.05) is 23.3 Å². The highest BCUT2D eigenvalue weighted by atomic mass is 19.3. The number of pyridine rings is 1. The van der Waals surface area contributed by atoms with Crippen molar-refractivity contribution in [3.05, 3.63) is 66.0 Å². The number of aromatic amines is 1. The lowest BCUT2D eigenvalue weighted by Crippen LogP contribution is -2.40. The summed E-state index contributed by atoms with van der Waals surface area (Å²) in [5, 5.41) is 2.98. The van der Waals surface area contributed by atoms with Crippen molar-refractivity contribution in [1.82, 2.24) is 19.5 Å². The van der Waals surface area contributed by atoms with Crippen LogP contribution in [0, 0.1) is 18.6 Å². The molecule has 0 saturated carbocycles. The van der Waals surface area contributed by atoms with Gasteiger partial charge in [-0.3, -0.25) is 4.79 Å². The van der Waals surface area contributed by atoms with Gasteiger partial charge in [-0.15, -0.1) is 0 Å². The van der Waals surface area contributed by atoms with Crippen molar-refractivity contribution in [3.8, 4) is 5.69 Å². The Kier molecular flexibility index (Phi) is 5.26. The first-order chi connectivity index (χ1) is 16.2. The highest BCUT2D eigenvalue weighted by Gasteiger charge is 2.34. The van der Waals surface area contributed by atoms with E-state index in [1.165, 1.54) is 18.7 Å². The summed E-state index contributed by atoms with van der Waals surface area (Å²) < 4.78 is 55.5. The molecule has 5 rings (SSSR count). The maximum Gasteiger partial charge on any atom is 0.275 e. The molecule has 176 valence electrons. The fourth-order valence-corrected chi connectivity index (χ4v) is 4.06. The van der Waals surface area contributed by atoms with Gasteiger partial charge in [0.1, 0.15) is 17.8 Å². The van der Waals surface area contributed by atoms with Crippen LogP contribution in [-0.2, 0) is 0 Å². The molecule has 1 amide bonds. The summed E-state index contributed by atoms with van der Waals surface area (Å²) in [6.07, 6.45) is 5.61. The van der Waals surface area contributed by atoms with Crippen molar-refractivity contribution in [2.45, 2.75) is 25.7 Å². The maximum absolute atomic E-state index is 13.6. The molecule has 4 aromatic rings. The van der Waals surface area contributed by atoms with Crippen LogP contribution in [0.4, 0.5) is 29.1 Å². The van der Waals surface area contributed by atoms with Gasteiger partial charge in [-0.1, -0.05) is 0 Å². The van der Waals surface area contributed by atoms with Gasteiger partial charge in [0.2, 0.25) is 0 Å². The summed E-state index contributed by atoms with van der Waals surface area (Å²) in [5.41, 5.74) is 2.22. The number of rotatable bonds is 4. The first-order valence-electron chi connectivity index (χ1n) is 10.6. The number of hydrogen-bond donors (Lipinski definition) is 2. The van der Waals surface area contributed by atoms with E-state index >= 15 is 0 Å². The number of halogens is 4. The molecule has 4 heterocycles. The molecule has 3 aromatic heterocycles. The predicted octanol–water partition coefficient (Wildman–Crippen LogP) is 4.82. The number of H-pyrrole nitrogens is 1. The molecular weight excluding hydrogens is 452 g/mol. The average Bonchev–Trinajstić information content (AvgIpc) is 3.43. The van der Waals surface area contributed by atoms with Gasteiger partial charge in [0.25, 0.3) is 11.8 Å². The van der Waals surface area contributed by atoms with Crippen molar-refractivity contribution in [2.24, 2.45) is 0 Å². The Labute approximate surface area is 191 Å². The number of imidazole rings is 1. The lowest BCUT2D eigenvalue weighted by molar-refractivity contribution is -0.0221. The molecule has 11 heteroatoms. The van der Waals surface area contributed by atoms with E-state index in [9.17, 15) is 22.4 Å². The van der Waals surface area contributed by atoms with Crippen molar-refractivity contribution >= 4 is 28.3 Å². The third-order valence-electron chi connectivity index (χ3n) is 5.91. The molecule has 1 aliphatic heterocycles. The van der Waals surface area contributed by atoms with Gasteiger partial charge in [0.05, 0.1) is 23.1 Å². The van der Waals surface area contributed by atoms with Crippen molar-refractivity contribution in [1.29, 1.82) is 0 Å². The zero-order chi connectivity index (χ0) is 24.0. The minimum absolute atomic E-state index is 0.108. The summed E-state index contributed by atoms with van der Waals surface area (Å²) in [6.45, 7) is 2.32. The standard InChI is InChI=1S/C23H20F4N6O/c1-13-6-14(9-29-21(13)32-4-2-23(26,27)3-5-32)33-11-20(30-12-33)22(34)31-19-10-28-18-8-17(25)16(24)7-15(18)19/h6-12,28H,2-5H2,1H3,(H,31,34). The number of amides is 1. The van der Waals surface area contributed by atoms with Crippen LogP contribution in [0.2, 0.25) is 0 Å². The van der Waals surface area contributed by atoms with Crippen LogP contribution in [0.3, 0.4) is 0 Å². The third kappa shape index (κ3) is 4.09. The molecule has 7 nitrogen and oxygen atoms in total. The van der Waals surface area contributed by atoms with Gasteiger partial charge < -0.3 is 19.8 Å². The Balaban J connectivity index is 1.32. The van der Waals surface area contributed by atoms with Crippen LogP contribution < -0.4 is 10.2 Å². The number of nitrogens with one attached hydrogen (secondary N) is 2. The number of nitrogens with zero attached hydrogens (tertiary/aromatic N) is 4. The van der Waals surface area contributed by atoms with Gasteiger partial charge in [0, 0.05) is 49.8 Å². The summed E-state index contributed by atoms with van der Waals surface area (Å²) in [4.78, 5) is 25.9. The first kappa shape index (κ1) is 21.9. The Hall–Kier alpha value is -3.89. The molecule has 34 heavy (non-hydrogen) atoms. The minimum atomic E-state index is -2.63. The summed E-state index contributed by atoms with van der Waals surface area (Å²) in [6, 6.07) is 3.87. The Morgan fingerprint density at radius 1 is 1.12 bits per heavy atom. The van der Waals surface area contributed by atoms with E-state index in [2.05, 4.69) is 20.3 Å².